The number of methoxy groups -OCH3 is 2. The van der Waals surface area contributed by atoms with E-state index >= 15 is 0 Å². The number of pyridine rings is 1. The Hall–Kier alpha value is -3.59. The van der Waals surface area contributed by atoms with E-state index in [1.165, 1.54) is 5.56 Å². The molecule has 0 atom stereocenters. The molecule has 1 heterocycles. The number of nitrogens with zero attached hydrogens (tertiary/aromatic N) is 1. The summed E-state index contributed by atoms with van der Waals surface area (Å²) in [6.07, 6.45) is 0. The largest absolute Gasteiger partial charge is 0.497 e. The van der Waals surface area contributed by atoms with E-state index < -0.39 is 0 Å². The van der Waals surface area contributed by atoms with Gasteiger partial charge in [0.05, 0.1) is 25.6 Å². The predicted octanol–water partition coefficient (Wildman–Crippen LogP) is 6.72. The molecule has 150 valence electrons. The quantitative estimate of drug-likeness (QED) is 0.376. The van der Waals surface area contributed by atoms with Crippen molar-refractivity contribution in [3.05, 3.63) is 90.0 Å². The van der Waals surface area contributed by atoms with Crippen LogP contribution in [0.5, 0.6) is 11.5 Å². The van der Waals surface area contributed by atoms with Crippen molar-refractivity contribution < 1.29 is 9.47 Å². The Morgan fingerprint density at radius 3 is 1.50 bits per heavy atom. The molecule has 4 rings (SSSR count). The molecule has 4 aromatic rings. The second-order valence-corrected chi connectivity index (χ2v) is 7.35. The number of hydrogen-bond acceptors (Lipinski definition) is 3. The molecule has 30 heavy (non-hydrogen) atoms. The van der Waals surface area contributed by atoms with E-state index in [1.54, 1.807) is 14.2 Å². The topological polar surface area (TPSA) is 31.4 Å². The Morgan fingerprint density at radius 1 is 0.567 bits per heavy atom. The van der Waals surface area contributed by atoms with Gasteiger partial charge >= 0.3 is 0 Å². The SMILES string of the molecule is COc1ccc(-c2cc(-c3ccccc3)cc(-c3ccc(OC)cc3C)n2)c(C)c1. The van der Waals surface area contributed by atoms with Crippen LogP contribution < -0.4 is 9.47 Å². The van der Waals surface area contributed by atoms with Gasteiger partial charge in [-0.2, -0.15) is 0 Å². The second-order valence-electron chi connectivity index (χ2n) is 7.35. The molecule has 0 aliphatic carbocycles. The summed E-state index contributed by atoms with van der Waals surface area (Å²) >= 11 is 0. The zero-order valence-electron chi connectivity index (χ0n) is 17.8. The van der Waals surface area contributed by atoms with E-state index in [0.29, 0.717) is 0 Å². The van der Waals surface area contributed by atoms with E-state index in [4.69, 9.17) is 14.5 Å². The lowest BCUT2D eigenvalue weighted by Crippen LogP contribution is -1.95. The molecule has 0 bridgehead atoms. The Bertz CT molecular complexity index is 1110. The molecule has 3 aromatic carbocycles. The van der Waals surface area contributed by atoms with Gasteiger partial charge in [-0.3, -0.25) is 0 Å². The molecule has 0 N–H and O–H groups in total. The molecular weight excluding hydrogens is 370 g/mol. The highest BCUT2D eigenvalue weighted by Crippen LogP contribution is 2.34. The van der Waals surface area contributed by atoms with Crippen LogP contribution in [0.4, 0.5) is 0 Å². The highest BCUT2D eigenvalue weighted by Gasteiger charge is 2.13. The number of rotatable bonds is 5. The molecule has 0 aliphatic heterocycles. The fraction of sp³-hybridized carbons (Fsp3) is 0.148. The zero-order chi connectivity index (χ0) is 21.1. The van der Waals surface area contributed by atoms with Gasteiger partial charge in [0.1, 0.15) is 11.5 Å². The third kappa shape index (κ3) is 3.92. The van der Waals surface area contributed by atoms with Crippen LogP contribution in [-0.4, -0.2) is 19.2 Å². The normalized spacial score (nSPS) is 10.7. The van der Waals surface area contributed by atoms with Crippen LogP contribution in [0.2, 0.25) is 0 Å². The molecule has 0 fully saturated rings. The average molecular weight is 396 g/mol. The van der Waals surface area contributed by atoms with Crippen molar-refractivity contribution in [1.82, 2.24) is 4.98 Å². The second kappa shape index (κ2) is 8.42. The monoisotopic (exact) mass is 395 g/mol. The fourth-order valence-electron chi connectivity index (χ4n) is 3.70. The maximum absolute atomic E-state index is 5.38. The van der Waals surface area contributed by atoms with Gasteiger partial charge in [-0.05, 0) is 84.6 Å². The summed E-state index contributed by atoms with van der Waals surface area (Å²) in [6.45, 7) is 4.18. The van der Waals surface area contributed by atoms with Crippen LogP contribution in [0.3, 0.4) is 0 Å². The van der Waals surface area contributed by atoms with E-state index in [9.17, 15) is 0 Å². The Morgan fingerprint density at radius 2 is 1.07 bits per heavy atom. The fourth-order valence-corrected chi connectivity index (χ4v) is 3.70. The van der Waals surface area contributed by atoms with Gasteiger partial charge in [-0.1, -0.05) is 30.3 Å². The first-order valence-electron chi connectivity index (χ1n) is 9.96. The number of hydrogen-bond donors (Lipinski definition) is 0. The smallest absolute Gasteiger partial charge is 0.119 e. The molecule has 1 aromatic heterocycles. The molecule has 0 amide bonds. The van der Waals surface area contributed by atoms with Gasteiger partial charge in [0.2, 0.25) is 0 Å². The Balaban J connectivity index is 1.92. The zero-order valence-corrected chi connectivity index (χ0v) is 17.8. The standard InChI is InChI=1S/C27H25NO2/c1-18-14-22(29-3)10-12-24(18)26-16-21(20-8-6-5-7-9-20)17-27(28-26)25-13-11-23(30-4)15-19(25)2/h5-17H,1-4H3. The highest BCUT2D eigenvalue weighted by molar-refractivity contribution is 5.78. The first-order chi connectivity index (χ1) is 14.6. The van der Waals surface area contributed by atoms with Crippen LogP contribution >= 0.6 is 0 Å². The number of benzene rings is 3. The Kier molecular flexibility index (Phi) is 5.53. The van der Waals surface area contributed by atoms with E-state index in [0.717, 1.165) is 50.7 Å². The number of ether oxygens (including phenoxy) is 2. The van der Waals surface area contributed by atoms with Crippen molar-refractivity contribution in [3.8, 4) is 45.1 Å². The lowest BCUT2D eigenvalue weighted by atomic mass is 9.97. The summed E-state index contributed by atoms with van der Waals surface area (Å²) in [5, 5.41) is 0. The van der Waals surface area contributed by atoms with Crippen molar-refractivity contribution in [3.63, 3.8) is 0 Å². The van der Waals surface area contributed by atoms with Crippen LogP contribution in [0.25, 0.3) is 33.6 Å². The van der Waals surface area contributed by atoms with Crippen molar-refractivity contribution in [2.45, 2.75) is 13.8 Å². The van der Waals surface area contributed by atoms with Gasteiger partial charge in [-0.15, -0.1) is 0 Å². The third-order valence-electron chi connectivity index (χ3n) is 5.35. The van der Waals surface area contributed by atoms with E-state index in [-0.39, 0.29) is 0 Å². The summed E-state index contributed by atoms with van der Waals surface area (Å²) in [6, 6.07) is 27.0. The van der Waals surface area contributed by atoms with Crippen molar-refractivity contribution in [1.29, 1.82) is 0 Å². The first-order valence-corrected chi connectivity index (χ1v) is 9.96. The molecular formula is C27H25NO2. The molecule has 3 nitrogen and oxygen atoms in total. The molecule has 0 saturated heterocycles. The molecule has 3 heteroatoms. The molecule has 0 unspecified atom stereocenters. The van der Waals surface area contributed by atoms with Gasteiger partial charge in [0, 0.05) is 11.1 Å². The van der Waals surface area contributed by atoms with Crippen LogP contribution in [-0.2, 0) is 0 Å². The van der Waals surface area contributed by atoms with Gasteiger partial charge in [0.15, 0.2) is 0 Å². The maximum atomic E-state index is 5.38. The van der Waals surface area contributed by atoms with Crippen LogP contribution in [0.1, 0.15) is 11.1 Å². The minimum atomic E-state index is 0.849. The van der Waals surface area contributed by atoms with Gasteiger partial charge in [-0.25, -0.2) is 4.98 Å². The lowest BCUT2D eigenvalue weighted by Gasteiger charge is -2.14. The summed E-state index contributed by atoms with van der Waals surface area (Å²) < 4.78 is 10.8. The lowest BCUT2D eigenvalue weighted by molar-refractivity contribution is 0.414. The average Bonchev–Trinajstić information content (AvgIpc) is 2.79. The number of aryl methyl sites for hydroxylation is 2. The minimum absolute atomic E-state index is 0.849. The maximum Gasteiger partial charge on any atom is 0.119 e. The summed E-state index contributed by atoms with van der Waals surface area (Å²) in [7, 11) is 3.38. The summed E-state index contributed by atoms with van der Waals surface area (Å²) in [5.41, 5.74) is 8.65. The molecule has 0 spiro atoms. The third-order valence-corrected chi connectivity index (χ3v) is 5.35. The van der Waals surface area contributed by atoms with Gasteiger partial charge < -0.3 is 9.47 Å². The molecule has 0 radical (unpaired) electrons. The van der Waals surface area contributed by atoms with E-state index in [1.807, 2.05) is 30.3 Å². The van der Waals surface area contributed by atoms with E-state index in [2.05, 4.69) is 62.4 Å². The van der Waals surface area contributed by atoms with Crippen molar-refractivity contribution >= 4 is 0 Å². The number of aromatic nitrogens is 1. The van der Waals surface area contributed by atoms with Crippen LogP contribution in [0, 0.1) is 13.8 Å². The minimum Gasteiger partial charge on any atom is -0.497 e. The van der Waals surface area contributed by atoms with Crippen LogP contribution in [0.15, 0.2) is 78.9 Å². The van der Waals surface area contributed by atoms with Gasteiger partial charge in [0.25, 0.3) is 0 Å². The molecule has 0 saturated carbocycles. The first kappa shape index (κ1) is 19.7. The van der Waals surface area contributed by atoms with Crippen molar-refractivity contribution in [2.75, 3.05) is 14.2 Å². The highest BCUT2D eigenvalue weighted by atomic mass is 16.5. The predicted molar refractivity (Wildman–Crippen MR) is 123 cm³/mol. The summed E-state index contributed by atoms with van der Waals surface area (Å²) in [4.78, 5) is 5.05. The molecule has 0 aliphatic rings. The Labute approximate surface area is 178 Å². The van der Waals surface area contributed by atoms with Crippen molar-refractivity contribution in [2.24, 2.45) is 0 Å². The summed E-state index contributed by atoms with van der Waals surface area (Å²) in [5.74, 6) is 1.70.